The summed E-state index contributed by atoms with van der Waals surface area (Å²) in [4.78, 5) is 11.0. The predicted molar refractivity (Wildman–Crippen MR) is 150 cm³/mol. The average Bonchev–Trinajstić information content (AvgIpc) is 2.89. The summed E-state index contributed by atoms with van der Waals surface area (Å²) < 4.78 is 41.4. The average molecular weight is 557 g/mol. The number of aliphatic carboxylic acids is 1. The molecule has 210 valence electrons. The van der Waals surface area contributed by atoms with Crippen LogP contribution in [0.3, 0.4) is 0 Å². The SMILES string of the molecule is CN(C[C@@H](O)CNC(C)(C)CCCc1ccccc1F)S(=O)(=O)c1cccc(-c2ccc(CC(=O)O)cc2)c1. The first-order chi connectivity index (χ1) is 18.4. The van der Waals surface area contributed by atoms with E-state index >= 15 is 0 Å². The van der Waals surface area contributed by atoms with Gasteiger partial charge in [-0.15, -0.1) is 0 Å². The lowest BCUT2D eigenvalue weighted by atomic mass is 9.95. The topological polar surface area (TPSA) is 107 Å². The van der Waals surface area contributed by atoms with Crippen LogP contribution >= 0.6 is 0 Å². The number of hydrogen-bond acceptors (Lipinski definition) is 5. The molecule has 3 aromatic rings. The summed E-state index contributed by atoms with van der Waals surface area (Å²) in [5, 5.41) is 22.8. The summed E-state index contributed by atoms with van der Waals surface area (Å²) in [6.45, 7) is 4.12. The smallest absolute Gasteiger partial charge is 0.307 e. The molecule has 0 unspecified atom stereocenters. The maximum atomic E-state index is 13.8. The predicted octanol–water partition coefficient (Wildman–Crippen LogP) is 4.49. The van der Waals surface area contributed by atoms with Crippen LogP contribution < -0.4 is 5.32 Å². The Morgan fingerprint density at radius 2 is 1.72 bits per heavy atom. The number of aryl methyl sites for hydroxylation is 1. The van der Waals surface area contributed by atoms with Gasteiger partial charge in [0.15, 0.2) is 0 Å². The third kappa shape index (κ3) is 8.96. The van der Waals surface area contributed by atoms with Crippen LogP contribution in [-0.4, -0.2) is 60.7 Å². The Morgan fingerprint density at radius 3 is 2.38 bits per heavy atom. The molecule has 0 saturated carbocycles. The van der Waals surface area contributed by atoms with Gasteiger partial charge in [-0.05, 0) is 73.6 Å². The minimum atomic E-state index is -3.86. The van der Waals surface area contributed by atoms with Gasteiger partial charge in [0.1, 0.15) is 5.82 Å². The van der Waals surface area contributed by atoms with Crippen LogP contribution in [0.4, 0.5) is 4.39 Å². The Bertz CT molecular complexity index is 1360. The molecule has 0 radical (unpaired) electrons. The van der Waals surface area contributed by atoms with E-state index in [1.807, 2.05) is 19.9 Å². The van der Waals surface area contributed by atoms with Gasteiger partial charge in [0, 0.05) is 25.7 Å². The molecule has 9 heteroatoms. The Morgan fingerprint density at radius 1 is 1.03 bits per heavy atom. The van der Waals surface area contributed by atoms with E-state index in [0.29, 0.717) is 23.1 Å². The van der Waals surface area contributed by atoms with Crippen molar-refractivity contribution in [1.82, 2.24) is 9.62 Å². The van der Waals surface area contributed by atoms with Crippen LogP contribution in [0.2, 0.25) is 0 Å². The molecule has 3 N–H and O–H groups in total. The Kier molecular flexibility index (Phi) is 10.4. The minimum Gasteiger partial charge on any atom is -0.481 e. The van der Waals surface area contributed by atoms with E-state index in [2.05, 4.69) is 5.32 Å². The van der Waals surface area contributed by atoms with Crippen molar-refractivity contribution in [2.24, 2.45) is 0 Å². The van der Waals surface area contributed by atoms with Gasteiger partial charge in [-0.2, -0.15) is 4.31 Å². The lowest BCUT2D eigenvalue weighted by Gasteiger charge is -2.29. The molecule has 0 amide bonds. The van der Waals surface area contributed by atoms with Crippen LogP contribution in [0.25, 0.3) is 11.1 Å². The minimum absolute atomic E-state index is 0.0818. The van der Waals surface area contributed by atoms with Crippen molar-refractivity contribution in [2.45, 2.75) is 56.1 Å². The Balaban J connectivity index is 1.55. The molecule has 0 aliphatic carbocycles. The first kappa shape index (κ1) is 30.4. The second-order valence-corrected chi connectivity index (χ2v) is 12.5. The van der Waals surface area contributed by atoms with Gasteiger partial charge in [0.05, 0.1) is 17.4 Å². The van der Waals surface area contributed by atoms with Gasteiger partial charge in [-0.1, -0.05) is 54.6 Å². The highest BCUT2D eigenvalue weighted by molar-refractivity contribution is 7.89. The molecule has 3 rings (SSSR count). The molecular weight excluding hydrogens is 519 g/mol. The van der Waals surface area contributed by atoms with E-state index in [9.17, 15) is 22.7 Å². The van der Waals surface area contributed by atoms with Crippen molar-refractivity contribution in [2.75, 3.05) is 20.1 Å². The number of nitrogens with zero attached hydrogens (tertiary/aromatic N) is 1. The summed E-state index contributed by atoms with van der Waals surface area (Å²) in [6, 6.07) is 20.2. The second kappa shape index (κ2) is 13.3. The molecule has 0 saturated heterocycles. The van der Waals surface area contributed by atoms with Gasteiger partial charge in [-0.3, -0.25) is 4.79 Å². The number of carbonyl (C=O) groups is 1. The largest absolute Gasteiger partial charge is 0.481 e. The summed E-state index contributed by atoms with van der Waals surface area (Å²) >= 11 is 0. The van der Waals surface area contributed by atoms with Crippen LogP contribution in [0, 0.1) is 5.82 Å². The number of β-amino-alcohol motifs (C(OH)–C–C–N with tert-alkyl or cyclic N) is 1. The van der Waals surface area contributed by atoms with E-state index in [4.69, 9.17) is 5.11 Å². The van der Waals surface area contributed by atoms with Crippen molar-refractivity contribution in [3.8, 4) is 11.1 Å². The number of aliphatic hydroxyl groups excluding tert-OH is 1. The molecule has 0 fully saturated rings. The normalized spacial score (nSPS) is 13.0. The molecule has 0 bridgehead atoms. The van der Waals surface area contributed by atoms with Crippen molar-refractivity contribution in [3.63, 3.8) is 0 Å². The highest BCUT2D eigenvalue weighted by Crippen LogP contribution is 2.25. The highest BCUT2D eigenvalue weighted by atomic mass is 32.2. The standard InChI is InChI=1S/C30H37FN2O5S/c1-30(2,17-7-10-24-8-4-5-12-28(24)31)32-20-26(34)21-33(3)39(37,38)27-11-6-9-25(19-27)23-15-13-22(14-16-23)18-29(35)36/h4-6,8-9,11-16,19,26,32,34H,7,10,17-18,20-21H2,1-3H3,(H,35,36)/t26-/m0/s1. The molecule has 1 atom stereocenters. The molecule has 0 aromatic heterocycles. The van der Waals surface area contributed by atoms with Crippen molar-refractivity contribution >= 4 is 16.0 Å². The summed E-state index contributed by atoms with van der Waals surface area (Å²) in [5.41, 5.74) is 2.47. The number of likely N-dealkylation sites (N-methyl/N-ethyl adjacent to an activating group) is 1. The Labute approximate surface area is 230 Å². The first-order valence-electron chi connectivity index (χ1n) is 12.9. The number of rotatable bonds is 14. The van der Waals surface area contributed by atoms with E-state index in [-0.39, 0.29) is 35.8 Å². The number of carboxylic acids is 1. The fourth-order valence-electron chi connectivity index (χ4n) is 4.37. The maximum absolute atomic E-state index is 13.8. The van der Waals surface area contributed by atoms with Gasteiger partial charge in [0.25, 0.3) is 0 Å². The zero-order valence-electron chi connectivity index (χ0n) is 22.6. The molecule has 0 aliphatic rings. The third-order valence-corrected chi connectivity index (χ3v) is 8.49. The van der Waals surface area contributed by atoms with Crippen molar-refractivity contribution in [3.05, 3.63) is 89.7 Å². The number of hydrogen-bond donors (Lipinski definition) is 3. The zero-order chi connectivity index (χ0) is 28.6. The van der Waals surface area contributed by atoms with Crippen LogP contribution in [0.15, 0.2) is 77.7 Å². The quantitative estimate of drug-likeness (QED) is 0.270. The summed E-state index contributed by atoms with van der Waals surface area (Å²) in [7, 11) is -2.42. The lowest BCUT2D eigenvalue weighted by Crippen LogP contribution is -2.46. The van der Waals surface area contributed by atoms with E-state index in [1.54, 1.807) is 54.6 Å². The first-order valence-corrected chi connectivity index (χ1v) is 14.4. The molecule has 7 nitrogen and oxygen atoms in total. The van der Waals surface area contributed by atoms with E-state index in [1.165, 1.54) is 19.2 Å². The van der Waals surface area contributed by atoms with Crippen molar-refractivity contribution in [1.29, 1.82) is 0 Å². The summed E-state index contributed by atoms with van der Waals surface area (Å²) in [6.07, 6.45) is 1.13. The van der Waals surface area contributed by atoms with Crippen LogP contribution in [0.1, 0.15) is 37.8 Å². The molecule has 39 heavy (non-hydrogen) atoms. The number of halogens is 1. The molecule has 0 aliphatic heterocycles. The van der Waals surface area contributed by atoms with Gasteiger partial charge < -0.3 is 15.5 Å². The molecular formula is C30H37FN2O5S. The molecule has 0 spiro atoms. The zero-order valence-corrected chi connectivity index (χ0v) is 23.4. The van der Waals surface area contributed by atoms with Gasteiger partial charge in [0.2, 0.25) is 10.0 Å². The van der Waals surface area contributed by atoms with E-state index < -0.39 is 22.1 Å². The number of benzene rings is 3. The fraction of sp³-hybridized carbons (Fsp3) is 0.367. The fourth-order valence-corrected chi connectivity index (χ4v) is 5.62. The second-order valence-electron chi connectivity index (χ2n) is 10.4. The highest BCUT2D eigenvalue weighted by Gasteiger charge is 2.25. The number of aliphatic hydroxyl groups is 1. The third-order valence-electron chi connectivity index (χ3n) is 6.67. The maximum Gasteiger partial charge on any atom is 0.307 e. The monoisotopic (exact) mass is 556 g/mol. The van der Waals surface area contributed by atoms with E-state index in [0.717, 1.165) is 22.7 Å². The number of nitrogens with one attached hydrogen (secondary N) is 1. The molecule has 0 heterocycles. The number of sulfonamides is 1. The van der Waals surface area contributed by atoms with Crippen LogP contribution in [-0.2, 0) is 27.7 Å². The van der Waals surface area contributed by atoms with Gasteiger partial charge >= 0.3 is 5.97 Å². The lowest BCUT2D eigenvalue weighted by molar-refractivity contribution is -0.136. The van der Waals surface area contributed by atoms with Crippen LogP contribution in [0.5, 0.6) is 0 Å². The Hall–Kier alpha value is -3.11. The summed E-state index contributed by atoms with van der Waals surface area (Å²) in [5.74, 6) is -1.12. The van der Waals surface area contributed by atoms with Crippen molar-refractivity contribution < 1.29 is 27.8 Å². The molecule has 3 aromatic carbocycles. The van der Waals surface area contributed by atoms with Gasteiger partial charge in [-0.25, -0.2) is 12.8 Å². The number of carboxylic acid groups (broad SMARTS) is 1.